The molecule has 1 N–H and O–H groups in total. The topological polar surface area (TPSA) is 33.1 Å². The van der Waals surface area contributed by atoms with Gasteiger partial charge in [0.1, 0.15) is 0 Å². The van der Waals surface area contributed by atoms with Crippen LogP contribution in [-0.4, -0.2) is 10.1 Å². The van der Waals surface area contributed by atoms with Gasteiger partial charge in [0, 0.05) is 18.0 Å². The fourth-order valence-electron chi connectivity index (χ4n) is 2.90. The second kappa shape index (κ2) is 4.84. The predicted octanol–water partition coefficient (Wildman–Crippen LogP) is 4.06. The van der Waals surface area contributed by atoms with Crippen molar-refractivity contribution in [1.82, 2.24) is 4.98 Å². The van der Waals surface area contributed by atoms with Crippen molar-refractivity contribution in [1.29, 1.82) is 0 Å². The molecular formula is C16H14F3NO. The molecule has 1 atom stereocenters. The van der Waals surface area contributed by atoms with Crippen molar-refractivity contribution in [3.05, 3.63) is 52.8 Å². The van der Waals surface area contributed by atoms with E-state index in [1.807, 2.05) is 0 Å². The van der Waals surface area contributed by atoms with Gasteiger partial charge in [-0.2, -0.15) is 13.2 Å². The van der Waals surface area contributed by atoms with E-state index < -0.39 is 17.8 Å². The fraction of sp³-hybridized carbons (Fsp3) is 0.312. The number of aryl methyl sites for hydroxylation is 2. The quantitative estimate of drug-likeness (QED) is 0.860. The van der Waals surface area contributed by atoms with Crippen LogP contribution in [0.3, 0.4) is 0 Å². The van der Waals surface area contributed by atoms with Crippen LogP contribution < -0.4 is 0 Å². The zero-order valence-electron chi connectivity index (χ0n) is 11.4. The van der Waals surface area contributed by atoms with Gasteiger partial charge in [-0.1, -0.05) is 6.07 Å². The molecule has 21 heavy (non-hydrogen) atoms. The smallest absolute Gasteiger partial charge is 0.388 e. The maximum Gasteiger partial charge on any atom is 0.416 e. The van der Waals surface area contributed by atoms with E-state index in [1.165, 1.54) is 6.07 Å². The molecule has 0 bridgehead atoms. The van der Waals surface area contributed by atoms with Crippen LogP contribution in [0.25, 0.3) is 11.1 Å². The summed E-state index contributed by atoms with van der Waals surface area (Å²) in [4.78, 5) is 4.15. The van der Waals surface area contributed by atoms with Crippen LogP contribution in [0.15, 0.2) is 30.6 Å². The van der Waals surface area contributed by atoms with Crippen LogP contribution in [-0.2, 0) is 12.6 Å². The Bertz CT molecular complexity index is 694. The second-order valence-electron chi connectivity index (χ2n) is 5.34. The summed E-state index contributed by atoms with van der Waals surface area (Å²) >= 11 is 0. The molecule has 0 amide bonds. The van der Waals surface area contributed by atoms with Crippen LogP contribution in [0.5, 0.6) is 0 Å². The molecule has 5 heteroatoms. The lowest BCUT2D eigenvalue weighted by Gasteiger charge is -2.15. The maximum atomic E-state index is 12.7. The summed E-state index contributed by atoms with van der Waals surface area (Å²) in [5, 5.41) is 10.1. The first-order valence-electron chi connectivity index (χ1n) is 6.71. The van der Waals surface area contributed by atoms with Crippen LogP contribution in [0.4, 0.5) is 13.2 Å². The summed E-state index contributed by atoms with van der Waals surface area (Å²) in [7, 11) is 0. The highest BCUT2D eigenvalue weighted by molar-refractivity contribution is 5.72. The van der Waals surface area contributed by atoms with E-state index in [-0.39, 0.29) is 0 Å². The van der Waals surface area contributed by atoms with Gasteiger partial charge in [-0.3, -0.25) is 4.98 Å². The minimum Gasteiger partial charge on any atom is -0.388 e. The van der Waals surface area contributed by atoms with Gasteiger partial charge in [0.05, 0.1) is 11.7 Å². The lowest BCUT2D eigenvalue weighted by Crippen LogP contribution is -2.05. The Hall–Kier alpha value is -1.88. The van der Waals surface area contributed by atoms with Crippen molar-refractivity contribution < 1.29 is 18.3 Å². The molecule has 0 saturated heterocycles. The zero-order chi connectivity index (χ0) is 15.2. The number of aliphatic hydroxyl groups excluding tert-OH is 1. The van der Waals surface area contributed by atoms with Gasteiger partial charge in [0.2, 0.25) is 0 Å². The number of hydrogen-bond donors (Lipinski definition) is 1. The largest absolute Gasteiger partial charge is 0.416 e. The summed E-state index contributed by atoms with van der Waals surface area (Å²) in [5.74, 6) is 0. The minimum absolute atomic E-state index is 0.527. The molecular weight excluding hydrogens is 279 g/mol. The van der Waals surface area contributed by atoms with Crippen LogP contribution in [0.2, 0.25) is 0 Å². The maximum absolute atomic E-state index is 12.7. The highest BCUT2D eigenvalue weighted by atomic mass is 19.4. The number of halogens is 3. The van der Waals surface area contributed by atoms with Gasteiger partial charge in [-0.05, 0) is 54.2 Å². The molecule has 1 heterocycles. The molecule has 1 aromatic carbocycles. The molecule has 0 fully saturated rings. The van der Waals surface area contributed by atoms with E-state index in [1.54, 1.807) is 19.3 Å². The Kier molecular flexibility index (Phi) is 3.24. The number of hydrogen-bond acceptors (Lipinski definition) is 2. The lowest BCUT2D eigenvalue weighted by atomic mass is 9.94. The molecule has 1 aliphatic carbocycles. The minimum atomic E-state index is -4.35. The molecule has 110 valence electrons. The highest BCUT2D eigenvalue weighted by Gasteiger charge is 2.31. The molecule has 1 aliphatic rings. The van der Waals surface area contributed by atoms with E-state index >= 15 is 0 Å². The standard InChI is InChI=1S/C16H14F3NO/c1-9-6-11(16(17,18)19)3-4-12(9)13-8-20-7-10-2-5-14(21)15(10)13/h3-4,6-8,14,21H,2,5H2,1H3. The molecule has 3 rings (SSSR count). The van der Waals surface area contributed by atoms with Crippen molar-refractivity contribution in [2.24, 2.45) is 0 Å². The number of fused-ring (bicyclic) bond motifs is 1. The van der Waals surface area contributed by atoms with Crippen molar-refractivity contribution in [2.75, 3.05) is 0 Å². The highest BCUT2D eigenvalue weighted by Crippen LogP contribution is 2.40. The van der Waals surface area contributed by atoms with Gasteiger partial charge in [-0.25, -0.2) is 0 Å². The van der Waals surface area contributed by atoms with Crippen LogP contribution in [0, 0.1) is 6.92 Å². The molecule has 0 aliphatic heterocycles. The van der Waals surface area contributed by atoms with Gasteiger partial charge < -0.3 is 5.11 Å². The summed E-state index contributed by atoms with van der Waals surface area (Å²) in [5.41, 5.74) is 3.05. The summed E-state index contributed by atoms with van der Waals surface area (Å²) in [6, 6.07) is 3.67. The van der Waals surface area contributed by atoms with Crippen molar-refractivity contribution >= 4 is 0 Å². The summed E-state index contributed by atoms with van der Waals surface area (Å²) in [6.07, 6.45) is -0.207. The molecule has 1 aromatic heterocycles. The third-order valence-electron chi connectivity index (χ3n) is 3.93. The average molecular weight is 293 g/mol. The van der Waals surface area contributed by atoms with Gasteiger partial charge in [-0.15, -0.1) is 0 Å². The van der Waals surface area contributed by atoms with Crippen molar-refractivity contribution in [2.45, 2.75) is 32.0 Å². The van der Waals surface area contributed by atoms with Crippen LogP contribution in [0.1, 0.15) is 34.8 Å². The van der Waals surface area contributed by atoms with E-state index in [0.29, 0.717) is 17.5 Å². The number of aliphatic hydroxyl groups is 1. The Balaban J connectivity index is 2.13. The molecule has 2 aromatic rings. The molecule has 0 saturated carbocycles. The first-order chi connectivity index (χ1) is 9.88. The molecule has 0 spiro atoms. The third kappa shape index (κ3) is 2.42. The lowest BCUT2D eigenvalue weighted by molar-refractivity contribution is -0.137. The van der Waals surface area contributed by atoms with E-state index in [9.17, 15) is 18.3 Å². The van der Waals surface area contributed by atoms with Gasteiger partial charge >= 0.3 is 6.18 Å². The molecule has 0 radical (unpaired) electrons. The molecule has 2 nitrogen and oxygen atoms in total. The Labute approximate surface area is 120 Å². The Morgan fingerprint density at radius 1 is 1.19 bits per heavy atom. The van der Waals surface area contributed by atoms with E-state index in [0.717, 1.165) is 35.2 Å². The monoisotopic (exact) mass is 293 g/mol. The third-order valence-corrected chi connectivity index (χ3v) is 3.93. The van der Waals surface area contributed by atoms with Crippen molar-refractivity contribution in [3.63, 3.8) is 0 Å². The predicted molar refractivity (Wildman–Crippen MR) is 72.7 cm³/mol. The van der Waals surface area contributed by atoms with Gasteiger partial charge in [0.25, 0.3) is 0 Å². The summed E-state index contributed by atoms with van der Waals surface area (Å²) < 4.78 is 38.2. The number of rotatable bonds is 1. The normalized spacial score (nSPS) is 17.9. The fourth-order valence-corrected chi connectivity index (χ4v) is 2.90. The average Bonchev–Trinajstić information content (AvgIpc) is 2.80. The summed E-state index contributed by atoms with van der Waals surface area (Å²) in [6.45, 7) is 1.64. The number of nitrogens with zero attached hydrogens (tertiary/aromatic N) is 1. The second-order valence-corrected chi connectivity index (χ2v) is 5.34. The van der Waals surface area contributed by atoms with Crippen molar-refractivity contribution in [3.8, 4) is 11.1 Å². The van der Waals surface area contributed by atoms with Crippen LogP contribution >= 0.6 is 0 Å². The molecule has 1 unspecified atom stereocenters. The van der Waals surface area contributed by atoms with E-state index in [2.05, 4.69) is 4.98 Å². The number of benzene rings is 1. The number of pyridine rings is 1. The number of alkyl halides is 3. The first kappa shape index (κ1) is 14.1. The van der Waals surface area contributed by atoms with E-state index in [4.69, 9.17) is 0 Å². The first-order valence-corrected chi connectivity index (χ1v) is 6.71. The number of aromatic nitrogens is 1. The van der Waals surface area contributed by atoms with Gasteiger partial charge in [0.15, 0.2) is 0 Å². The SMILES string of the molecule is Cc1cc(C(F)(F)F)ccc1-c1cncc2c1C(O)CC2. The zero-order valence-corrected chi connectivity index (χ0v) is 11.4. The Morgan fingerprint density at radius 2 is 1.95 bits per heavy atom. The Morgan fingerprint density at radius 3 is 2.62 bits per heavy atom.